The molecule has 0 aliphatic heterocycles. The van der Waals surface area contributed by atoms with E-state index < -0.39 is 0 Å². The predicted octanol–water partition coefficient (Wildman–Crippen LogP) is 6.14. The molecule has 0 saturated heterocycles. The molecule has 1 saturated carbocycles. The van der Waals surface area contributed by atoms with Crippen molar-refractivity contribution in [2.24, 2.45) is 11.8 Å². The van der Waals surface area contributed by atoms with Crippen LogP contribution in [-0.2, 0) is 4.79 Å². The Balaban J connectivity index is 1.62. The first kappa shape index (κ1) is 24.3. The van der Waals surface area contributed by atoms with E-state index in [0.717, 1.165) is 44.3 Å². The zero-order valence-corrected chi connectivity index (χ0v) is 18.7. The number of aldehydes is 1. The predicted molar refractivity (Wildman–Crippen MR) is 122 cm³/mol. The van der Waals surface area contributed by atoms with E-state index in [2.05, 4.69) is 12.2 Å². The van der Waals surface area contributed by atoms with Gasteiger partial charge in [0.25, 0.3) is 5.91 Å². The van der Waals surface area contributed by atoms with Gasteiger partial charge in [-0.15, -0.1) is 0 Å². The standard InChI is InChI=1S/C26H39NO3/c1-21-10-6-3-2-4-7-11-23(16-13-21)25(29)12-8-5-9-19-27-26(30)24-17-14-22(20-28)15-18-24/h14-15,17-18,20-21,23H,2-13,16,19H2,1H3,(H,27,30)/t21?,23-/m0/s1. The molecular formula is C26H39NO3. The molecule has 1 aromatic carbocycles. The molecule has 166 valence electrons. The Kier molecular flexibility index (Phi) is 11.4. The number of Topliss-reactive ketones (excluding diaryl/α,β-unsaturated/α-hetero) is 1. The Hall–Kier alpha value is -1.97. The van der Waals surface area contributed by atoms with Crippen LogP contribution in [0.3, 0.4) is 0 Å². The Morgan fingerprint density at radius 2 is 1.60 bits per heavy atom. The van der Waals surface area contributed by atoms with Crippen LogP contribution in [0.1, 0.15) is 111 Å². The van der Waals surface area contributed by atoms with Crippen LogP contribution in [0.2, 0.25) is 0 Å². The van der Waals surface area contributed by atoms with E-state index in [4.69, 9.17) is 0 Å². The van der Waals surface area contributed by atoms with Crippen LogP contribution in [0.25, 0.3) is 0 Å². The van der Waals surface area contributed by atoms with Crippen LogP contribution in [0.15, 0.2) is 24.3 Å². The van der Waals surface area contributed by atoms with Gasteiger partial charge >= 0.3 is 0 Å². The molecule has 0 radical (unpaired) electrons. The number of unbranched alkanes of at least 4 members (excludes halogenated alkanes) is 2. The number of carbonyl (C=O) groups excluding carboxylic acids is 3. The Morgan fingerprint density at radius 3 is 2.33 bits per heavy atom. The number of rotatable bonds is 9. The fourth-order valence-corrected chi connectivity index (χ4v) is 4.33. The molecule has 1 aliphatic rings. The number of benzene rings is 1. The molecule has 1 unspecified atom stereocenters. The topological polar surface area (TPSA) is 63.2 Å². The molecule has 1 fully saturated rings. The smallest absolute Gasteiger partial charge is 0.251 e. The fourth-order valence-electron chi connectivity index (χ4n) is 4.33. The van der Waals surface area contributed by atoms with E-state index in [-0.39, 0.29) is 11.8 Å². The van der Waals surface area contributed by atoms with E-state index in [9.17, 15) is 14.4 Å². The lowest BCUT2D eigenvalue weighted by atomic mass is 9.87. The lowest BCUT2D eigenvalue weighted by Crippen LogP contribution is -2.24. The largest absolute Gasteiger partial charge is 0.352 e. The molecule has 4 heteroatoms. The maximum absolute atomic E-state index is 12.7. The highest BCUT2D eigenvalue weighted by atomic mass is 16.1. The minimum absolute atomic E-state index is 0.116. The maximum Gasteiger partial charge on any atom is 0.251 e. The van der Waals surface area contributed by atoms with Gasteiger partial charge in [0, 0.05) is 30.0 Å². The fraction of sp³-hybridized carbons (Fsp3) is 0.654. The molecule has 0 heterocycles. The van der Waals surface area contributed by atoms with Crippen molar-refractivity contribution in [2.45, 2.75) is 90.4 Å². The van der Waals surface area contributed by atoms with Gasteiger partial charge in [0.2, 0.25) is 0 Å². The Labute approximate surface area is 182 Å². The van der Waals surface area contributed by atoms with Crippen molar-refractivity contribution < 1.29 is 14.4 Å². The number of hydrogen-bond donors (Lipinski definition) is 1. The molecule has 0 aromatic heterocycles. The molecular weight excluding hydrogens is 374 g/mol. The molecule has 4 nitrogen and oxygen atoms in total. The van der Waals surface area contributed by atoms with Crippen LogP contribution in [0, 0.1) is 11.8 Å². The van der Waals surface area contributed by atoms with Crippen molar-refractivity contribution in [3.05, 3.63) is 35.4 Å². The summed E-state index contributed by atoms with van der Waals surface area (Å²) in [6, 6.07) is 6.63. The molecule has 2 atom stereocenters. The van der Waals surface area contributed by atoms with E-state index >= 15 is 0 Å². The lowest BCUT2D eigenvalue weighted by molar-refractivity contribution is -0.123. The van der Waals surface area contributed by atoms with Gasteiger partial charge in [-0.1, -0.05) is 70.4 Å². The number of nitrogens with one attached hydrogen (secondary N) is 1. The third-order valence-electron chi connectivity index (χ3n) is 6.41. The summed E-state index contributed by atoms with van der Waals surface area (Å²) >= 11 is 0. The first-order chi connectivity index (χ1) is 14.6. The van der Waals surface area contributed by atoms with E-state index in [1.807, 2.05) is 0 Å². The second-order valence-corrected chi connectivity index (χ2v) is 9.00. The summed E-state index contributed by atoms with van der Waals surface area (Å²) < 4.78 is 0. The summed E-state index contributed by atoms with van der Waals surface area (Å²) in [5, 5.41) is 2.91. The summed E-state index contributed by atoms with van der Waals surface area (Å²) in [7, 11) is 0. The van der Waals surface area contributed by atoms with E-state index in [1.165, 1.54) is 44.9 Å². The zero-order valence-electron chi connectivity index (χ0n) is 18.7. The van der Waals surface area contributed by atoms with Gasteiger partial charge in [0.05, 0.1) is 0 Å². The van der Waals surface area contributed by atoms with Gasteiger partial charge in [0.1, 0.15) is 12.1 Å². The van der Waals surface area contributed by atoms with Crippen LogP contribution in [-0.4, -0.2) is 24.5 Å². The summed E-state index contributed by atoms with van der Waals surface area (Å²) in [6.07, 6.45) is 15.3. The van der Waals surface area contributed by atoms with Gasteiger partial charge in [-0.3, -0.25) is 14.4 Å². The second-order valence-electron chi connectivity index (χ2n) is 9.00. The first-order valence-corrected chi connectivity index (χ1v) is 12.0. The van der Waals surface area contributed by atoms with Gasteiger partial charge < -0.3 is 5.32 Å². The number of carbonyl (C=O) groups is 3. The van der Waals surface area contributed by atoms with Crippen LogP contribution < -0.4 is 5.32 Å². The van der Waals surface area contributed by atoms with Gasteiger partial charge in [-0.25, -0.2) is 0 Å². The highest BCUT2D eigenvalue weighted by molar-refractivity contribution is 5.94. The van der Waals surface area contributed by atoms with Gasteiger partial charge in [-0.2, -0.15) is 0 Å². The Bertz CT molecular complexity index is 653. The highest BCUT2D eigenvalue weighted by Crippen LogP contribution is 2.26. The monoisotopic (exact) mass is 413 g/mol. The summed E-state index contributed by atoms with van der Waals surface area (Å²) in [4.78, 5) is 35.5. The molecule has 1 aromatic rings. The third kappa shape index (κ3) is 9.23. The highest BCUT2D eigenvalue weighted by Gasteiger charge is 2.19. The number of amides is 1. The van der Waals surface area contributed by atoms with Crippen molar-refractivity contribution in [1.82, 2.24) is 5.32 Å². The van der Waals surface area contributed by atoms with E-state index in [0.29, 0.717) is 29.9 Å². The summed E-state index contributed by atoms with van der Waals surface area (Å²) in [5.74, 6) is 1.35. The minimum atomic E-state index is -0.116. The second kappa shape index (κ2) is 14.1. The molecule has 0 bridgehead atoms. The maximum atomic E-state index is 12.7. The van der Waals surface area contributed by atoms with Crippen molar-refractivity contribution in [3.8, 4) is 0 Å². The van der Waals surface area contributed by atoms with Crippen LogP contribution in [0.4, 0.5) is 0 Å². The summed E-state index contributed by atoms with van der Waals surface area (Å²) in [6.45, 7) is 2.95. The molecule has 2 rings (SSSR count). The van der Waals surface area contributed by atoms with Crippen molar-refractivity contribution >= 4 is 18.0 Å². The van der Waals surface area contributed by atoms with Crippen molar-refractivity contribution in [2.75, 3.05) is 6.54 Å². The van der Waals surface area contributed by atoms with Crippen molar-refractivity contribution in [3.63, 3.8) is 0 Å². The lowest BCUT2D eigenvalue weighted by Gasteiger charge is -2.17. The quantitative estimate of drug-likeness (QED) is 0.391. The summed E-state index contributed by atoms with van der Waals surface area (Å²) in [5.41, 5.74) is 1.13. The van der Waals surface area contributed by atoms with Crippen LogP contribution in [0.5, 0.6) is 0 Å². The molecule has 1 aliphatic carbocycles. The number of hydrogen-bond acceptors (Lipinski definition) is 3. The molecule has 1 amide bonds. The molecule has 0 spiro atoms. The molecule has 1 N–H and O–H groups in total. The first-order valence-electron chi connectivity index (χ1n) is 12.0. The average molecular weight is 414 g/mol. The average Bonchev–Trinajstić information content (AvgIpc) is 2.81. The van der Waals surface area contributed by atoms with Gasteiger partial charge in [0.15, 0.2) is 0 Å². The zero-order chi connectivity index (χ0) is 21.6. The third-order valence-corrected chi connectivity index (χ3v) is 6.41. The molecule has 30 heavy (non-hydrogen) atoms. The normalized spacial score (nSPS) is 20.7. The number of ketones is 1. The van der Waals surface area contributed by atoms with E-state index in [1.54, 1.807) is 24.3 Å². The van der Waals surface area contributed by atoms with Crippen LogP contribution >= 0.6 is 0 Å². The SMILES string of the molecule is CC1CCCCCCC[C@H](C(=O)CCCCCNC(=O)c2ccc(C=O)cc2)CC1. The minimum Gasteiger partial charge on any atom is -0.352 e. The van der Waals surface area contributed by atoms with Crippen molar-refractivity contribution in [1.29, 1.82) is 0 Å². The Morgan fingerprint density at radius 1 is 0.900 bits per heavy atom. The van der Waals surface area contributed by atoms with Gasteiger partial charge in [-0.05, 0) is 43.7 Å².